The van der Waals surface area contributed by atoms with Crippen molar-refractivity contribution in [2.24, 2.45) is 0 Å². The predicted molar refractivity (Wildman–Crippen MR) is 116 cm³/mol. The van der Waals surface area contributed by atoms with Crippen LogP contribution in [0.5, 0.6) is 0 Å². The van der Waals surface area contributed by atoms with E-state index in [-0.39, 0.29) is 17.2 Å². The molecule has 2 rings (SSSR count). The molecule has 0 saturated heterocycles. The quantitative estimate of drug-likeness (QED) is 0.732. The van der Waals surface area contributed by atoms with E-state index < -0.39 is 0 Å². The smallest absolute Gasteiger partial charge is 0.255 e. The Hall–Kier alpha value is -2.62. The summed E-state index contributed by atoms with van der Waals surface area (Å²) in [5.74, 6) is -0.140. The molecule has 0 atom stereocenters. The zero-order valence-electron chi connectivity index (χ0n) is 17.7. The standard InChI is InChI=1S/C24H32N2O2/c1-6-26(7-2)23(28)20-10-8-9-11-21(20)25-22(27)17-14-18-12-15-19(16-13-18)24(3,4)5/h8-13,15-16H,6-7,14,17H2,1-5H3,(H,25,27). The maximum atomic E-state index is 12.7. The molecule has 0 unspecified atom stereocenters. The Bertz CT molecular complexity index is 800. The minimum atomic E-state index is -0.0836. The largest absolute Gasteiger partial charge is 0.339 e. The van der Waals surface area contributed by atoms with E-state index in [0.29, 0.717) is 37.2 Å². The minimum absolute atomic E-state index is 0.0568. The number of carbonyl (C=O) groups is 2. The molecule has 0 bridgehead atoms. The fraction of sp³-hybridized carbons (Fsp3) is 0.417. The lowest BCUT2D eigenvalue weighted by Gasteiger charge is -2.20. The molecule has 0 heterocycles. The van der Waals surface area contributed by atoms with Crippen molar-refractivity contribution in [2.45, 2.75) is 52.9 Å². The lowest BCUT2D eigenvalue weighted by Crippen LogP contribution is -2.31. The summed E-state index contributed by atoms with van der Waals surface area (Å²) < 4.78 is 0. The van der Waals surface area contributed by atoms with Crippen molar-refractivity contribution >= 4 is 17.5 Å². The molecule has 0 aliphatic rings. The summed E-state index contributed by atoms with van der Waals surface area (Å²) in [5.41, 5.74) is 3.65. The monoisotopic (exact) mass is 380 g/mol. The van der Waals surface area contributed by atoms with Gasteiger partial charge in [-0.1, -0.05) is 57.2 Å². The van der Waals surface area contributed by atoms with Gasteiger partial charge in [0.05, 0.1) is 11.3 Å². The van der Waals surface area contributed by atoms with Gasteiger partial charge in [-0.15, -0.1) is 0 Å². The summed E-state index contributed by atoms with van der Waals surface area (Å²) in [7, 11) is 0. The van der Waals surface area contributed by atoms with E-state index in [9.17, 15) is 9.59 Å². The highest BCUT2D eigenvalue weighted by Crippen LogP contribution is 2.23. The van der Waals surface area contributed by atoms with Gasteiger partial charge in [-0.2, -0.15) is 0 Å². The first-order valence-electron chi connectivity index (χ1n) is 10.0. The first-order valence-corrected chi connectivity index (χ1v) is 10.0. The van der Waals surface area contributed by atoms with Crippen molar-refractivity contribution in [2.75, 3.05) is 18.4 Å². The van der Waals surface area contributed by atoms with Crippen LogP contribution < -0.4 is 5.32 Å². The highest BCUT2D eigenvalue weighted by atomic mass is 16.2. The number of nitrogens with one attached hydrogen (secondary N) is 1. The van der Waals surface area contributed by atoms with Gasteiger partial charge in [-0.05, 0) is 48.9 Å². The van der Waals surface area contributed by atoms with Gasteiger partial charge in [-0.3, -0.25) is 9.59 Å². The van der Waals surface area contributed by atoms with Crippen molar-refractivity contribution in [3.8, 4) is 0 Å². The Labute approximate surface area is 169 Å². The summed E-state index contributed by atoms with van der Waals surface area (Å²) >= 11 is 0. The molecular weight excluding hydrogens is 348 g/mol. The molecule has 4 nitrogen and oxygen atoms in total. The molecule has 0 saturated carbocycles. The SMILES string of the molecule is CCN(CC)C(=O)c1ccccc1NC(=O)CCc1ccc(C(C)(C)C)cc1. The van der Waals surface area contributed by atoms with E-state index in [1.54, 1.807) is 17.0 Å². The second-order valence-electron chi connectivity index (χ2n) is 8.02. The van der Waals surface area contributed by atoms with Gasteiger partial charge < -0.3 is 10.2 Å². The van der Waals surface area contributed by atoms with E-state index >= 15 is 0 Å². The van der Waals surface area contributed by atoms with Gasteiger partial charge in [0.25, 0.3) is 5.91 Å². The van der Waals surface area contributed by atoms with Crippen molar-refractivity contribution in [1.82, 2.24) is 4.90 Å². The topological polar surface area (TPSA) is 49.4 Å². The van der Waals surface area contributed by atoms with Gasteiger partial charge in [-0.25, -0.2) is 0 Å². The van der Waals surface area contributed by atoms with Crippen LogP contribution in [-0.2, 0) is 16.6 Å². The molecule has 28 heavy (non-hydrogen) atoms. The van der Waals surface area contributed by atoms with Crippen molar-refractivity contribution < 1.29 is 9.59 Å². The van der Waals surface area contributed by atoms with Crippen LogP contribution in [0.4, 0.5) is 5.69 Å². The number of amides is 2. The van der Waals surface area contributed by atoms with Crippen LogP contribution in [0.3, 0.4) is 0 Å². The van der Waals surface area contributed by atoms with Gasteiger partial charge >= 0.3 is 0 Å². The normalized spacial score (nSPS) is 11.2. The lowest BCUT2D eigenvalue weighted by atomic mass is 9.86. The molecule has 150 valence electrons. The number of aryl methyl sites for hydroxylation is 1. The summed E-state index contributed by atoms with van der Waals surface area (Å²) in [6.45, 7) is 11.7. The number of carbonyl (C=O) groups excluding carboxylic acids is 2. The first kappa shape index (κ1) is 21.7. The number of rotatable bonds is 7. The fourth-order valence-corrected chi connectivity index (χ4v) is 3.10. The van der Waals surface area contributed by atoms with Gasteiger partial charge in [0.1, 0.15) is 0 Å². The summed E-state index contributed by atoms with van der Waals surface area (Å²) in [6.07, 6.45) is 1.05. The maximum Gasteiger partial charge on any atom is 0.255 e. The first-order chi connectivity index (χ1) is 13.3. The van der Waals surface area contributed by atoms with Crippen LogP contribution in [0.25, 0.3) is 0 Å². The number of benzene rings is 2. The average Bonchev–Trinajstić information content (AvgIpc) is 2.67. The fourth-order valence-electron chi connectivity index (χ4n) is 3.10. The number of hydrogen-bond acceptors (Lipinski definition) is 2. The van der Waals surface area contributed by atoms with Crippen molar-refractivity contribution in [1.29, 1.82) is 0 Å². The second-order valence-corrected chi connectivity index (χ2v) is 8.02. The Kier molecular flexibility index (Phi) is 7.38. The lowest BCUT2D eigenvalue weighted by molar-refractivity contribution is -0.116. The van der Waals surface area contributed by atoms with E-state index in [0.717, 1.165) is 5.56 Å². The van der Waals surface area contributed by atoms with Crippen molar-refractivity contribution in [3.05, 3.63) is 65.2 Å². The Morgan fingerprint density at radius 1 is 0.929 bits per heavy atom. The molecule has 2 amide bonds. The third kappa shape index (κ3) is 5.69. The zero-order chi connectivity index (χ0) is 20.7. The Balaban J connectivity index is 2.01. The number of hydrogen-bond donors (Lipinski definition) is 1. The highest BCUT2D eigenvalue weighted by molar-refractivity contribution is 6.03. The maximum absolute atomic E-state index is 12.7. The molecule has 1 N–H and O–H groups in total. The molecule has 0 aliphatic carbocycles. The van der Waals surface area contributed by atoms with Crippen LogP contribution in [0.1, 0.15) is 62.5 Å². The second kappa shape index (κ2) is 9.54. The average molecular weight is 381 g/mol. The Morgan fingerprint density at radius 3 is 2.11 bits per heavy atom. The molecule has 0 spiro atoms. The van der Waals surface area contributed by atoms with Crippen molar-refractivity contribution in [3.63, 3.8) is 0 Å². The molecular formula is C24H32N2O2. The number of para-hydroxylation sites is 1. The van der Waals surface area contributed by atoms with Gasteiger partial charge in [0.15, 0.2) is 0 Å². The molecule has 4 heteroatoms. The zero-order valence-corrected chi connectivity index (χ0v) is 17.7. The van der Waals surface area contributed by atoms with E-state index in [2.05, 4.69) is 50.4 Å². The summed E-state index contributed by atoms with van der Waals surface area (Å²) in [4.78, 5) is 26.9. The van der Waals surface area contributed by atoms with E-state index in [1.165, 1.54) is 5.56 Å². The number of nitrogens with zero attached hydrogens (tertiary/aromatic N) is 1. The Morgan fingerprint density at radius 2 is 1.54 bits per heavy atom. The molecule has 2 aromatic rings. The van der Waals surface area contributed by atoms with Crippen LogP contribution in [0.15, 0.2) is 48.5 Å². The predicted octanol–water partition coefficient (Wildman–Crippen LogP) is 5.04. The van der Waals surface area contributed by atoms with Crippen LogP contribution >= 0.6 is 0 Å². The van der Waals surface area contributed by atoms with Crippen LogP contribution in [0.2, 0.25) is 0 Å². The molecule has 0 aliphatic heterocycles. The van der Waals surface area contributed by atoms with Crippen LogP contribution in [0, 0.1) is 0 Å². The van der Waals surface area contributed by atoms with Gasteiger partial charge in [0, 0.05) is 19.5 Å². The molecule has 0 radical (unpaired) electrons. The third-order valence-corrected chi connectivity index (χ3v) is 4.94. The van der Waals surface area contributed by atoms with Gasteiger partial charge in [0.2, 0.25) is 5.91 Å². The number of anilines is 1. The minimum Gasteiger partial charge on any atom is -0.339 e. The molecule has 0 aromatic heterocycles. The summed E-state index contributed by atoms with van der Waals surface area (Å²) in [6, 6.07) is 15.6. The molecule has 0 fully saturated rings. The summed E-state index contributed by atoms with van der Waals surface area (Å²) in [5, 5.41) is 2.91. The third-order valence-electron chi connectivity index (χ3n) is 4.94. The van der Waals surface area contributed by atoms with E-state index in [1.807, 2.05) is 26.0 Å². The van der Waals surface area contributed by atoms with E-state index in [4.69, 9.17) is 0 Å². The molecule has 2 aromatic carbocycles. The van der Waals surface area contributed by atoms with Crippen LogP contribution in [-0.4, -0.2) is 29.8 Å². The highest BCUT2D eigenvalue weighted by Gasteiger charge is 2.17.